The van der Waals surface area contributed by atoms with Crippen LogP contribution in [0.2, 0.25) is 0 Å². The second kappa shape index (κ2) is 16.8. The minimum Gasteiger partial charge on any atom is -0.309 e. The average Bonchev–Trinajstić information content (AvgIpc) is 3.98. The molecule has 7 nitrogen and oxygen atoms in total. The molecule has 82 heavy (non-hydrogen) atoms. The molecule has 0 unspecified atom stereocenters. The van der Waals surface area contributed by atoms with Crippen LogP contribution in [-0.2, 0) is 0 Å². The number of nitriles is 1. The minimum absolute atomic E-state index is 0.572. The van der Waals surface area contributed by atoms with Crippen LogP contribution in [0, 0.1) is 11.3 Å². The Labute approximate surface area is 469 Å². The van der Waals surface area contributed by atoms with Crippen LogP contribution in [-0.4, -0.2) is 28.2 Å². The molecule has 0 fully saturated rings. The van der Waals surface area contributed by atoms with Crippen LogP contribution < -0.4 is 0 Å². The second-order valence-electron chi connectivity index (χ2n) is 21.6. The molecule has 0 aliphatic heterocycles. The van der Waals surface area contributed by atoms with Crippen LogP contribution >= 0.6 is 0 Å². The Morgan fingerprint density at radius 1 is 0.293 bits per heavy atom. The van der Waals surface area contributed by atoms with E-state index in [0.29, 0.717) is 11.4 Å². The first-order chi connectivity index (χ1) is 40.6. The fourth-order valence-corrected chi connectivity index (χ4v) is 13.9. The molecule has 378 valence electrons. The normalized spacial score (nSPS) is 12.1. The molecule has 5 aromatic heterocycles. The summed E-state index contributed by atoms with van der Waals surface area (Å²) in [5.41, 5.74) is 20.1. The molecule has 0 bridgehead atoms. The summed E-state index contributed by atoms with van der Waals surface area (Å²) >= 11 is 0. The lowest BCUT2D eigenvalue weighted by molar-refractivity contribution is 1.11. The first-order valence-electron chi connectivity index (χ1n) is 27.8. The van der Waals surface area contributed by atoms with Crippen LogP contribution in [0.15, 0.2) is 261 Å². The highest BCUT2D eigenvalue weighted by Gasteiger charge is 2.29. The van der Waals surface area contributed by atoms with E-state index in [9.17, 15) is 5.26 Å². The van der Waals surface area contributed by atoms with Gasteiger partial charge in [-0.3, -0.25) is 0 Å². The Balaban J connectivity index is 0.954. The van der Waals surface area contributed by atoms with Gasteiger partial charge in [-0.25, -0.2) is 9.97 Å². The third kappa shape index (κ3) is 6.23. The molecule has 18 rings (SSSR count). The van der Waals surface area contributed by atoms with Gasteiger partial charge in [-0.2, -0.15) is 5.26 Å². The molecule has 12 aromatic carbocycles. The Bertz CT molecular complexity index is 5320. The molecule has 1 aliphatic rings. The van der Waals surface area contributed by atoms with Gasteiger partial charge in [0.05, 0.1) is 67.2 Å². The van der Waals surface area contributed by atoms with Crippen LogP contribution in [0.25, 0.3) is 166 Å². The predicted molar refractivity (Wildman–Crippen MR) is 337 cm³/mol. The predicted octanol–water partition coefficient (Wildman–Crippen LogP) is 18.9. The molecular weight excluding hydrogens is 999 g/mol. The van der Waals surface area contributed by atoms with Gasteiger partial charge >= 0.3 is 0 Å². The molecule has 17 aromatic rings. The fraction of sp³-hybridized carbons (Fsp3) is 0. The van der Waals surface area contributed by atoms with Crippen molar-refractivity contribution in [2.75, 3.05) is 0 Å². The monoisotopic (exact) mass is 1040 g/mol. The van der Waals surface area contributed by atoms with E-state index in [0.717, 1.165) is 138 Å². The summed E-state index contributed by atoms with van der Waals surface area (Å²) in [5, 5.41) is 22.1. The summed E-state index contributed by atoms with van der Waals surface area (Å²) in [6.45, 7) is 0. The van der Waals surface area contributed by atoms with Crippen LogP contribution in [0.5, 0.6) is 0 Å². The molecule has 0 saturated carbocycles. The van der Waals surface area contributed by atoms with Crippen molar-refractivity contribution in [2.24, 2.45) is 0 Å². The van der Waals surface area contributed by atoms with E-state index in [2.05, 4.69) is 267 Å². The van der Waals surface area contributed by atoms with Gasteiger partial charge in [-0.15, -0.1) is 0 Å². The quantitative estimate of drug-likeness (QED) is 0.167. The van der Waals surface area contributed by atoms with Crippen molar-refractivity contribution >= 4 is 98.0 Å². The smallest absolute Gasteiger partial charge is 0.160 e. The molecule has 0 atom stereocenters. The third-order valence-corrected chi connectivity index (χ3v) is 17.3. The van der Waals surface area contributed by atoms with E-state index in [1.54, 1.807) is 0 Å². The minimum atomic E-state index is 0.572. The van der Waals surface area contributed by atoms with Crippen LogP contribution in [0.1, 0.15) is 5.56 Å². The number of hydrogen-bond donors (Lipinski definition) is 0. The van der Waals surface area contributed by atoms with Gasteiger partial charge in [-0.1, -0.05) is 170 Å². The lowest BCUT2D eigenvalue weighted by Crippen LogP contribution is -2.03. The van der Waals surface area contributed by atoms with Crippen molar-refractivity contribution in [1.82, 2.24) is 28.2 Å². The zero-order valence-corrected chi connectivity index (χ0v) is 44.0. The summed E-state index contributed by atoms with van der Waals surface area (Å²) in [5.74, 6) is 0.586. The Kier molecular flexibility index (Phi) is 9.17. The number of fused-ring (bicyclic) bond motifs is 15. The van der Waals surface area contributed by atoms with Gasteiger partial charge < -0.3 is 18.3 Å². The highest BCUT2D eigenvalue weighted by molar-refractivity contribution is 6.18. The second-order valence-corrected chi connectivity index (χ2v) is 21.6. The molecule has 5 heterocycles. The molecule has 1 aliphatic carbocycles. The maximum absolute atomic E-state index is 10.3. The van der Waals surface area contributed by atoms with Crippen molar-refractivity contribution in [2.45, 2.75) is 0 Å². The molecule has 0 spiro atoms. The van der Waals surface area contributed by atoms with E-state index in [1.165, 1.54) is 21.5 Å². The summed E-state index contributed by atoms with van der Waals surface area (Å²) < 4.78 is 9.68. The Hall–Kier alpha value is -11.3. The fourth-order valence-electron chi connectivity index (χ4n) is 13.9. The van der Waals surface area contributed by atoms with Gasteiger partial charge in [0.15, 0.2) is 5.82 Å². The SMILES string of the molecule is N#Cc1cccc(-c2nc(-c3cc(-n4c5ccccc5c5ccc(-n6c7ccccc7c7ccccc76)cc54)cc(-n4c5ccccc5c5ccc(-n6c7ccccc7c7ccccc76)cc54)c3)nc3c2-c2cccc4cccc-3c24)c1. The van der Waals surface area contributed by atoms with E-state index >= 15 is 0 Å². The first-order valence-corrected chi connectivity index (χ1v) is 27.8. The molecule has 0 N–H and O–H groups in total. The van der Waals surface area contributed by atoms with Gasteiger partial charge in [0.2, 0.25) is 0 Å². The number of aromatic nitrogens is 6. The summed E-state index contributed by atoms with van der Waals surface area (Å²) in [6.07, 6.45) is 0. The van der Waals surface area contributed by atoms with Gasteiger partial charge in [-0.05, 0) is 107 Å². The van der Waals surface area contributed by atoms with Crippen molar-refractivity contribution in [1.29, 1.82) is 5.26 Å². The van der Waals surface area contributed by atoms with E-state index in [-0.39, 0.29) is 0 Å². The van der Waals surface area contributed by atoms with Crippen LogP contribution in [0.4, 0.5) is 0 Å². The zero-order chi connectivity index (χ0) is 53.7. The highest BCUT2D eigenvalue weighted by Crippen LogP contribution is 2.51. The molecule has 7 heteroatoms. The molecule has 0 radical (unpaired) electrons. The summed E-state index contributed by atoms with van der Waals surface area (Å²) in [4.78, 5) is 11.4. The van der Waals surface area contributed by atoms with E-state index in [1.807, 2.05) is 18.2 Å². The summed E-state index contributed by atoms with van der Waals surface area (Å²) in [7, 11) is 0. The van der Waals surface area contributed by atoms with E-state index in [4.69, 9.17) is 9.97 Å². The number of nitrogens with zero attached hydrogens (tertiary/aromatic N) is 7. The van der Waals surface area contributed by atoms with Crippen molar-refractivity contribution < 1.29 is 0 Å². The van der Waals surface area contributed by atoms with Crippen molar-refractivity contribution in [3.8, 4) is 73.8 Å². The number of benzene rings is 12. The van der Waals surface area contributed by atoms with Crippen molar-refractivity contribution in [3.63, 3.8) is 0 Å². The number of para-hydroxylation sites is 6. The molecular formula is C75H43N7. The van der Waals surface area contributed by atoms with Gasteiger partial charge in [0, 0.05) is 88.1 Å². The number of rotatable bonds is 6. The summed E-state index contributed by atoms with van der Waals surface area (Å²) in [6, 6.07) is 96.3. The van der Waals surface area contributed by atoms with Crippen LogP contribution in [0.3, 0.4) is 0 Å². The third-order valence-electron chi connectivity index (χ3n) is 17.3. The van der Waals surface area contributed by atoms with Gasteiger partial charge in [0.25, 0.3) is 0 Å². The largest absolute Gasteiger partial charge is 0.309 e. The Morgan fingerprint density at radius 3 is 1.16 bits per heavy atom. The highest BCUT2D eigenvalue weighted by atomic mass is 15.0. The average molecular weight is 1040 g/mol. The Morgan fingerprint density at radius 2 is 0.695 bits per heavy atom. The van der Waals surface area contributed by atoms with Crippen molar-refractivity contribution in [3.05, 3.63) is 266 Å². The molecule has 0 saturated heterocycles. The number of hydrogen-bond acceptors (Lipinski definition) is 3. The van der Waals surface area contributed by atoms with E-state index < -0.39 is 0 Å². The van der Waals surface area contributed by atoms with Gasteiger partial charge in [0.1, 0.15) is 0 Å². The zero-order valence-electron chi connectivity index (χ0n) is 44.0. The topological polar surface area (TPSA) is 69.3 Å². The lowest BCUT2D eigenvalue weighted by atomic mass is 9.98. The molecule has 0 amide bonds. The maximum atomic E-state index is 10.3. The lowest BCUT2D eigenvalue weighted by Gasteiger charge is -2.17. The maximum Gasteiger partial charge on any atom is 0.160 e. The standard InChI is InChI=1S/C75H43N7/c76-44-45-16-13-19-47(38-45)73-72-61-26-14-17-46-18-15-27-62(71(46)61)74(72)78-75(77-73)48-39-51(81-67-32-11-5-24-57(67)59-36-34-49(42-69(59)81)79-63-28-7-1-20-53(63)54-21-2-8-29-64(54)79)41-52(40-48)82-68-33-12-6-25-58(68)60-37-35-50(43-70(60)82)80-65-30-9-3-22-55(65)56-23-4-10-31-66(56)80/h1-43H. The first kappa shape index (κ1) is 44.6.